The maximum Gasteiger partial charge on any atom is 0.241 e. The van der Waals surface area contributed by atoms with Gasteiger partial charge in [0.25, 0.3) is 0 Å². The molecule has 3 aromatic rings. The van der Waals surface area contributed by atoms with E-state index in [-0.39, 0.29) is 24.3 Å². The van der Waals surface area contributed by atoms with Gasteiger partial charge in [-0.2, -0.15) is 16.3 Å². The van der Waals surface area contributed by atoms with Gasteiger partial charge in [0.1, 0.15) is 5.82 Å². The van der Waals surface area contributed by atoms with Crippen molar-refractivity contribution >= 4 is 23.7 Å². The lowest BCUT2D eigenvalue weighted by Gasteiger charge is -2.35. The fraction of sp³-hybridized carbons (Fsp3) is 0.294. The van der Waals surface area contributed by atoms with Gasteiger partial charge in [-0.05, 0) is 29.1 Å². The highest BCUT2D eigenvalue weighted by atomic mass is 35.5. The molecule has 2 aromatic heterocycles. The van der Waals surface area contributed by atoms with Crippen molar-refractivity contribution in [2.45, 2.75) is 12.6 Å². The molecule has 3 heterocycles. The van der Waals surface area contributed by atoms with Gasteiger partial charge >= 0.3 is 0 Å². The van der Waals surface area contributed by atoms with Crippen LogP contribution in [0.2, 0.25) is 0 Å². The number of rotatable bonds is 4. The molecule has 8 heteroatoms. The molecule has 0 bridgehead atoms. The third kappa shape index (κ3) is 4.07. The standard InChI is InChI=1S/C17H17FN4OS.ClH/c18-14-3-1-2-12(8-14)15-9-19-5-6-22(15)10-16-20-17(21-23-16)13-4-7-24-11-13;/h1-4,7-8,11,15,19H,5-6,9-10H2;1H. The highest BCUT2D eigenvalue weighted by molar-refractivity contribution is 7.08. The van der Waals surface area contributed by atoms with E-state index in [0.717, 1.165) is 30.8 Å². The molecular formula is C17H18ClFN4OS. The number of aromatic nitrogens is 2. The van der Waals surface area contributed by atoms with Crippen LogP contribution in [0, 0.1) is 5.82 Å². The molecule has 1 atom stereocenters. The Kier molecular flexibility index (Phi) is 5.80. The zero-order valence-electron chi connectivity index (χ0n) is 13.4. The van der Waals surface area contributed by atoms with E-state index >= 15 is 0 Å². The van der Waals surface area contributed by atoms with Crippen LogP contribution in [0.4, 0.5) is 4.39 Å². The van der Waals surface area contributed by atoms with Crippen molar-refractivity contribution in [2.75, 3.05) is 19.6 Å². The van der Waals surface area contributed by atoms with E-state index in [1.807, 2.05) is 22.9 Å². The Labute approximate surface area is 155 Å². The van der Waals surface area contributed by atoms with Gasteiger partial charge in [-0.3, -0.25) is 4.90 Å². The number of piperazine rings is 1. The van der Waals surface area contributed by atoms with E-state index in [1.54, 1.807) is 23.5 Å². The Bertz CT molecular complexity index is 811. The lowest BCUT2D eigenvalue weighted by molar-refractivity contribution is 0.135. The molecule has 1 aliphatic rings. The summed E-state index contributed by atoms with van der Waals surface area (Å²) < 4.78 is 19.0. The summed E-state index contributed by atoms with van der Waals surface area (Å²) in [5, 5.41) is 11.4. The van der Waals surface area contributed by atoms with Crippen LogP contribution in [0.5, 0.6) is 0 Å². The van der Waals surface area contributed by atoms with E-state index in [1.165, 1.54) is 6.07 Å². The third-order valence-corrected chi connectivity index (χ3v) is 4.86. The van der Waals surface area contributed by atoms with Gasteiger partial charge in [0.2, 0.25) is 11.7 Å². The second-order valence-corrected chi connectivity index (χ2v) is 6.55. The number of nitrogens with zero attached hydrogens (tertiary/aromatic N) is 3. The van der Waals surface area contributed by atoms with Crippen LogP contribution in [-0.4, -0.2) is 34.7 Å². The summed E-state index contributed by atoms with van der Waals surface area (Å²) in [6.07, 6.45) is 0. The van der Waals surface area contributed by atoms with Crippen molar-refractivity contribution in [1.29, 1.82) is 0 Å². The monoisotopic (exact) mass is 380 g/mol. The van der Waals surface area contributed by atoms with Gasteiger partial charge in [0.05, 0.1) is 6.54 Å². The van der Waals surface area contributed by atoms with Crippen LogP contribution in [-0.2, 0) is 6.54 Å². The Balaban J connectivity index is 0.00000182. The van der Waals surface area contributed by atoms with Crippen molar-refractivity contribution in [2.24, 2.45) is 0 Å². The first-order valence-electron chi connectivity index (χ1n) is 7.85. The van der Waals surface area contributed by atoms with Crippen molar-refractivity contribution in [1.82, 2.24) is 20.4 Å². The maximum absolute atomic E-state index is 13.6. The Morgan fingerprint density at radius 2 is 2.28 bits per heavy atom. The molecule has 1 unspecified atom stereocenters. The smallest absolute Gasteiger partial charge is 0.241 e. The molecule has 5 nitrogen and oxygen atoms in total. The van der Waals surface area contributed by atoms with E-state index in [9.17, 15) is 4.39 Å². The number of thiophene rings is 1. The molecule has 0 aliphatic carbocycles. The molecule has 1 aliphatic heterocycles. The van der Waals surface area contributed by atoms with Crippen LogP contribution in [0.25, 0.3) is 11.4 Å². The van der Waals surface area contributed by atoms with E-state index < -0.39 is 0 Å². The third-order valence-electron chi connectivity index (χ3n) is 4.17. The lowest BCUT2D eigenvalue weighted by Crippen LogP contribution is -2.45. The number of hydrogen-bond donors (Lipinski definition) is 1. The van der Waals surface area contributed by atoms with Crippen molar-refractivity contribution in [3.05, 3.63) is 58.4 Å². The number of hydrogen-bond acceptors (Lipinski definition) is 6. The van der Waals surface area contributed by atoms with Gasteiger partial charge in [-0.15, -0.1) is 12.4 Å². The molecule has 1 saturated heterocycles. The normalized spacial score (nSPS) is 18.0. The second kappa shape index (κ2) is 8.05. The molecule has 1 fully saturated rings. The van der Waals surface area contributed by atoms with Crippen LogP contribution in [0.1, 0.15) is 17.5 Å². The zero-order chi connectivity index (χ0) is 16.4. The van der Waals surface area contributed by atoms with E-state index in [0.29, 0.717) is 18.3 Å². The first-order chi connectivity index (χ1) is 11.8. The minimum Gasteiger partial charge on any atom is -0.338 e. The molecule has 1 aromatic carbocycles. The quantitative estimate of drug-likeness (QED) is 0.750. The van der Waals surface area contributed by atoms with E-state index in [2.05, 4.69) is 20.4 Å². The summed E-state index contributed by atoms with van der Waals surface area (Å²) >= 11 is 1.60. The van der Waals surface area contributed by atoms with Crippen molar-refractivity contribution < 1.29 is 8.91 Å². The van der Waals surface area contributed by atoms with Gasteiger partial charge < -0.3 is 9.84 Å². The predicted octanol–water partition coefficient (Wildman–Crippen LogP) is 3.51. The maximum atomic E-state index is 13.6. The summed E-state index contributed by atoms with van der Waals surface area (Å²) in [4.78, 5) is 6.73. The minimum atomic E-state index is -0.212. The highest BCUT2D eigenvalue weighted by Crippen LogP contribution is 2.25. The van der Waals surface area contributed by atoms with Crippen molar-refractivity contribution in [3.63, 3.8) is 0 Å². The van der Waals surface area contributed by atoms with Gasteiger partial charge in [-0.25, -0.2) is 4.39 Å². The number of nitrogens with one attached hydrogen (secondary N) is 1. The summed E-state index contributed by atoms with van der Waals surface area (Å²) in [6.45, 7) is 3.06. The molecule has 0 amide bonds. The fourth-order valence-electron chi connectivity index (χ4n) is 2.98. The van der Waals surface area contributed by atoms with Gasteiger partial charge in [-0.1, -0.05) is 17.3 Å². The molecule has 0 radical (unpaired) electrons. The molecule has 4 rings (SSSR count). The van der Waals surface area contributed by atoms with Crippen LogP contribution >= 0.6 is 23.7 Å². The molecular weight excluding hydrogens is 363 g/mol. The first kappa shape index (κ1) is 18.0. The molecule has 1 N–H and O–H groups in total. The Morgan fingerprint density at radius 3 is 3.08 bits per heavy atom. The second-order valence-electron chi connectivity index (χ2n) is 5.77. The lowest BCUT2D eigenvalue weighted by atomic mass is 10.0. The molecule has 0 spiro atoms. The summed E-state index contributed by atoms with van der Waals surface area (Å²) in [5.41, 5.74) is 1.93. The van der Waals surface area contributed by atoms with E-state index in [4.69, 9.17) is 4.52 Å². The van der Waals surface area contributed by atoms with Crippen LogP contribution in [0.15, 0.2) is 45.6 Å². The largest absolute Gasteiger partial charge is 0.338 e. The van der Waals surface area contributed by atoms with Crippen LogP contribution < -0.4 is 5.32 Å². The Hall–Kier alpha value is -1.80. The molecule has 0 saturated carbocycles. The van der Waals surface area contributed by atoms with Gasteiger partial charge in [0.15, 0.2) is 0 Å². The first-order valence-corrected chi connectivity index (χ1v) is 8.79. The SMILES string of the molecule is Cl.Fc1cccc(C2CNCCN2Cc2nc(-c3ccsc3)no2)c1. The topological polar surface area (TPSA) is 54.2 Å². The fourth-order valence-corrected chi connectivity index (χ4v) is 3.61. The average molecular weight is 381 g/mol. The van der Waals surface area contributed by atoms with Gasteiger partial charge in [0, 0.05) is 36.6 Å². The Morgan fingerprint density at radius 1 is 1.36 bits per heavy atom. The van der Waals surface area contributed by atoms with Crippen LogP contribution in [0.3, 0.4) is 0 Å². The summed E-state index contributed by atoms with van der Waals surface area (Å²) in [6, 6.07) is 8.83. The molecule has 25 heavy (non-hydrogen) atoms. The minimum absolute atomic E-state index is 0. The predicted molar refractivity (Wildman–Crippen MR) is 97.3 cm³/mol. The number of halogens is 2. The highest BCUT2D eigenvalue weighted by Gasteiger charge is 2.26. The zero-order valence-corrected chi connectivity index (χ0v) is 15.0. The van der Waals surface area contributed by atoms with Crippen molar-refractivity contribution in [3.8, 4) is 11.4 Å². The number of benzene rings is 1. The average Bonchev–Trinajstić information content (AvgIpc) is 3.26. The summed E-state index contributed by atoms with van der Waals surface area (Å²) in [7, 11) is 0. The summed E-state index contributed by atoms with van der Waals surface area (Å²) in [5.74, 6) is 0.985. The molecule has 132 valence electrons.